The Morgan fingerprint density at radius 1 is 1.22 bits per heavy atom. The summed E-state index contributed by atoms with van der Waals surface area (Å²) in [5.41, 5.74) is 1.27. The van der Waals surface area contributed by atoms with Gasteiger partial charge in [-0.3, -0.25) is 0 Å². The van der Waals surface area contributed by atoms with Gasteiger partial charge in [-0.25, -0.2) is 0 Å². The van der Waals surface area contributed by atoms with Crippen LogP contribution in [0, 0.1) is 5.92 Å². The highest BCUT2D eigenvalue weighted by Gasteiger charge is 2.16. The van der Waals surface area contributed by atoms with Crippen molar-refractivity contribution in [1.82, 2.24) is 0 Å². The Labute approximate surface area is 111 Å². The molecule has 0 amide bonds. The molecule has 0 bridgehead atoms. The molecular weight excluding hydrogens is 240 g/mol. The van der Waals surface area contributed by atoms with Crippen LogP contribution in [-0.2, 0) is 16.1 Å². The predicted octanol–water partition coefficient (Wildman–Crippen LogP) is 2.78. The standard InChI is InChI=1S/C15H24O2Si/c1-18(2,3)15-6-4-13(5-7-15)10-17-12-14-8-9-16-11-14/h4-7,14H,8-12H2,1-3H3. The zero-order valence-electron chi connectivity index (χ0n) is 11.7. The normalized spacial score (nSPS) is 20.3. The van der Waals surface area contributed by atoms with Crippen LogP contribution in [0.1, 0.15) is 12.0 Å². The molecule has 0 N–H and O–H groups in total. The summed E-state index contributed by atoms with van der Waals surface area (Å²) in [4.78, 5) is 0. The summed E-state index contributed by atoms with van der Waals surface area (Å²) in [5.74, 6) is 0.603. The molecule has 0 aliphatic carbocycles. The molecule has 0 saturated carbocycles. The van der Waals surface area contributed by atoms with Gasteiger partial charge in [-0.05, 0) is 12.0 Å². The Morgan fingerprint density at radius 3 is 2.50 bits per heavy atom. The van der Waals surface area contributed by atoms with Gasteiger partial charge in [-0.2, -0.15) is 0 Å². The first-order valence-electron chi connectivity index (χ1n) is 6.80. The monoisotopic (exact) mass is 264 g/mol. The van der Waals surface area contributed by atoms with Crippen molar-refractivity contribution in [3.8, 4) is 0 Å². The van der Waals surface area contributed by atoms with Crippen molar-refractivity contribution in [2.75, 3.05) is 19.8 Å². The number of rotatable bonds is 5. The van der Waals surface area contributed by atoms with E-state index in [2.05, 4.69) is 43.9 Å². The van der Waals surface area contributed by atoms with Gasteiger partial charge in [0.2, 0.25) is 0 Å². The first-order valence-corrected chi connectivity index (χ1v) is 10.3. The van der Waals surface area contributed by atoms with Crippen LogP contribution in [0.3, 0.4) is 0 Å². The zero-order valence-corrected chi connectivity index (χ0v) is 12.7. The van der Waals surface area contributed by atoms with Crippen molar-refractivity contribution in [3.63, 3.8) is 0 Å². The van der Waals surface area contributed by atoms with Crippen LogP contribution in [0.2, 0.25) is 19.6 Å². The van der Waals surface area contributed by atoms with E-state index in [0.717, 1.165) is 32.8 Å². The van der Waals surface area contributed by atoms with Gasteiger partial charge in [0, 0.05) is 12.5 Å². The van der Waals surface area contributed by atoms with Gasteiger partial charge in [-0.1, -0.05) is 49.1 Å². The van der Waals surface area contributed by atoms with E-state index in [4.69, 9.17) is 9.47 Å². The fraction of sp³-hybridized carbons (Fsp3) is 0.600. The molecule has 1 aliphatic rings. The lowest BCUT2D eigenvalue weighted by atomic mass is 10.1. The summed E-state index contributed by atoms with van der Waals surface area (Å²) in [7, 11) is -1.17. The highest BCUT2D eigenvalue weighted by molar-refractivity contribution is 6.88. The fourth-order valence-electron chi connectivity index (χ4n) is 2.16. The first-order chi connectivity index (χ1) is 8.55. The maximum atomic E-state index is 5.76. The average molecular weight is 264 g/mol. The van der Waals surface area contributed by atoms with Gasteiger partial charge >= 0.3 is 0 Å². The predicted molar refractivity (Wildman–Crippen MR) is 78.0 cm³/mol. The third-order valence-electron chi connectivity index (χ3n) is 3.47. The first kappa shape index (κ1) is 13.8. The Bertz CT molecular complexity index is 361. The molecule has 1 aromatic rings. The second-order valence-electron chi connectivity index (χ2n) is 6.19. The van der Waals surface area contributed by atoms with Crippen molar-refractivity contribution in [3.05, 3.63) is 29.8 Å². The highest BCUT2D eigenvalue weighted by atomic mass is 28.3. The fourth-order valence-corrected chi connectivity index (χ4v) is 3.33. The van der Waals surface area contributed by atoms with E-state index >= 15 is 0 Å². The smallest absolute Gasteiger partial charge is 0.0775 e. The van der Waals surface area contributed by atoms with E-state index in [-0.39, 0.29) is 0 Å². The minimum absolute atomic E-state index is 0.603. The van der Waals surface area contributed by atoms with E-state index in [0.29, 0.717) is 5.92 Å². The summed E-state index contributed by atoms with van der Waals surface area (Å²) in [5, 5.41) is 1.51. The van der Waals surface area contributed by atoms with Crippen LogP contribution in [0.15, 0.2) is 24.3 Å². The Balaban J connectivity index is 1.79. The van der Waals surface area contributed by atoms with E-state index in [1.165, 1.54) is 10.8 Å². The van der Waals surface area contributed by atoms with Crippen molar-refractivity contribution in [2.24, 2.45) is 5.92 Å². The van der Waals surface area contributed by atoms with E-state index < -0.39 is 8.07 Å². The van der Waals surface area contributed by atoms with E-state index in [1.807, 2.05) is 0 Å². The third kappa shape index (κ3) is 3.94. The third-order valence-corrected chi connectivity index (χ3v) is 5.53. The minimum Gasteiger partial charge on any atom is -0.381 e. The van der Waals surface area contributed by atoms with Crippen LogP contribution in [0.5, 0.6) is 0 Å². The molecule has 0 aromatic heterocycles. The number of ether oxygens (including phenoxy) is 2. The van der Waals surface area contributed by atoms with Crippen molar-refractivity contribution >= 4 is 13.3 Å². The van der Waals surface area contributed by atoms with Crippen LogP contribution >= 0.6 is 0 Å². The molecule has 18 heavy (non-hydrogen) atoms. The molecule has 1 aliphatic heterocycles. The summed E-state index contributed by atoms with van der Waals surface area (Å²) < 4.78 is 11.1. The molecule has 1 heterocycles. The molecular formula is C15H24O2Si. The summed E-state index contributed by atoms with van der Waals surface area (Å²) >= 11 is 0. The van der Waals surface area contributed by atoms with E-state index in [1.54, 1.807) is 0 Å². The number of benzene rings is 1. The van der Waals surface area contributed by atoms with Crippen LogP contribution in [0.4, 0.5) is 0 Å². The molecule has 1 saturated heterocycles. The molecule has 3 heteroatoms. The summed E-state index contributed by atoms with van der Waals surface area (Å²) in [6, 6.07) is 8.95. The van der Waals surface area contributed by atoms with Gasteiger partial charge in [0.25, 0.3) is 0 Å². The molecule has 0 spiro atoms. The van der Waals surface area contributed by atoms with Crippen LogP contribution in [-0.4, -0.2) is 27.9 Å². The lowest BCUT2D eigenvalue weighted by Gasteiger charge is -2.17. The second kappa shape index (κ2) is 6.00. The van der Waals surface area contributed by atoms with Crippen molar-refractivity contribution in [1.29, 1.82) is 0 Å². The molecule has 1 unspecified atom stereocenters. The van der Waals surface area contributed by atoms with Crippen LogP contribution in [0.25, 0.3) is 0 Å². The SMILES string of the molecule is C[Si](C)(C)c1ccc(COCC2CCOC2)cc1. The highest BCUT2D eigenvalue weighted by Crippen LogP contribution is 2.13. The topological polar surface area (TPSA) is 18.5 Å². The Kier molecular flexibility index (Phi) is 4.59. The zero-order chi connectivity index (χ0) is 13.0. The van der Waals surface area contributed by atoms with Gasteiger partial charge in [0.05, 0.1) is 27.9 Å². The minimum atomic E-state index is -1.17. The molecule has 1 atom stereocenters. The van der Waals surface area contributed by atoms with Gasteiger partial charge < -0.3 is 9.47 Å². The Morgan fingerprint density at radius 2 is 1.94 bits per heavy atom. The average Bonchev–Trinajstić information content (AvgIpc) is 2.82. The van der Waals surface area contributed by atoms with Crippen molar-refractivity contribution < 1.29 is 9.47 Å². The van der Waals surface area contributed by atoms with Crippen LogP contribution < -0.4 is 5.19 Å². The molecule has 2 nitrogen and oxygen atoms in total. The molecule has 2 rings (SSSR count). The second-order valence-corrected chi connectivity index (χ2v) is 11.3. The van der Waals surface area contributed by atoms with Crippen molar-refractivity contribution in [2.45, 2.75) is 32.7 Å². The largest absolute Gasteiger partial charge is 0.381 e. The quantitative estimate of drug-likeness (QED) is 0.761. The molecule has 1 fully saturated rings. The van der Waals surface area contributed by atoms with E-state index in [9.17, 15) is 0 Å². The molecule has 100 valence electrons. The summed E-state index contributed by atoms with van der Waals surface area (Å²) in [6.07, 6.45) is 1.15. The lowest BCUT2D eigenvalue weighted by Crippen LogP contribution is -2.37. The lowest BCUT2D eigenvalue weighted by molar-refractivity contribution is 0.0791. The maximum Gasteiger partial charge on any atom is 0.0775 e. The maximum absolute atomic E-state index is 5.76. The number of hydrogen-bond acceptors (Lipinski definition) is 2. The Hall–Kier alpha value is -0.643. The van der Waals surface area contributed by atoms with Gasteiger partial charge in [0.15, 0.2) is 0 Å². The number of hydrogen-bond donors (Lipinski definition) is 0. The van der Waals surface area contributed by atoms with Gasteiger partial charge in [-0.15, -0.1) is 0 Å². The molecule has 0 radical (unpaired) electrons. The summed E-state index contributed by atoms with van der Waals surface area (Å²) in [6.45, 7) is 10.4. The van der Waals surface area contributed by atoms with Gasteiger partial charge in [0.1, 0.15) is 0 Å². The molecule has 1 aromatic carbocycles.